The van der Waals surface area contributed by atoms with Crippen molar-refractivity contribution in [3.05, 3.63) is 52.2 Å². The van der Waals surface area contributed by atoms with E-state index in [2.05, 4.69) is 4.98 Å². The van der Waals surface area contributed by atoms with Crippen LogP contribution in [-0.4, -0.2) is 10.1 Å². The fraction of sp³-hybridized carbons (Fsp3) is 0.182. The van der Waals surface area contributed by atoms with Gasteiger partial charge >= 0.3 is 0 Å². The number of nitrogens with zero attached hydrogens (tertiary/aromatic N) is 1. The number of thiophene rings is 1. The molecule has 0 bridgehead atoms. The Bertz CT molecular complexity index is 430. The molecule has 0 radical (unpaired) electrons. The van der Waals surface area contributed by atoms with E-state index in [0.717, 1.165) is 11.1 Å². The number of rotatable bonds is 3. The first-order valence-electron chi connectivity index (χ1n) is 4.57. The van der Waals surface area contributed by atoms with Crippen molar-refractivity contribution in [1.82, 2.24) is 4.98 Å². The van der Waals surface area contributed by atoms with Gasteiger partial charge in [-0.05, 0) is 17.5 Å². The Morgan fingerprint density at radius 1 is 1.47 bits per heavy atom. The molecule has 0 aromatic carbocycles. The van der Waals surface area contributed by atoms with Gasteiger partial charge in [0.15, 0.2) is 0 Å². The van der Waals surface area contributed by atoms with E-state index in [1.807, 2.05) is 17.5 Å². The molecule has 2 aromatic heterocycles. The Morgan fingerprint density at radius 2 is 2.33 bits per heavy atom. The zero-order chi connectivity index (χ0) is 10.7. The van der Waals surface area contributed by atoms with E-state index < -0.39 is 11.9 Å². The smallest absolute Gasteiger partial charge is 0.147 e. The van der Waals surface area contributed by atoms with Gasteiger partial charge in [0, 0.05) is 23.1 Å². The average Bonchev–Trinajstić information content (AvgIpc) is 2.71. The average molecular weight is 223 g/mol. The zero-order valence-electron chi connectivity index (χ0n) is 7.93. The molecule has 1 unspecified atom stereocenters. The molecule has 2 nitrogen and oxygen atoms in total. The number of hydrogen-bond acceptors (Lipinski definition) is 3. The maximum Gasteiger partial charge on any atom is 0.147 e. The Kier molecular flexibility index (Phi) is 3.08. The summed E-state index contributed by atoms with van der Waals surface area (Å²) in [6.45, 7) is 0. The molecular weight excluding hydrogens is 213 g/mol. The second kappa shape index (κ2) is 4.51. The molecule has 1 N–H and O–H groups in total. The Labute approximate surface area is 91.0 Å². The molecule has 78 valence electrons. The maximum absolute atomic E-state index is 13.2. The van der Waals surface area contributed by atoms with E-state index in [0.29, 0.717) is 12.0 Å². The SMILES string of the molecule is OC(Cc1cccs1)c1ccncc1F. The van der Waals surface area contributed by atoms with E-state index >= 15 is 0 Å². The predicted molar refractivity (Wildman–Crippen MR) is 57.2 cm³/mol. The minimum atomic E-state index is -0.799. The van der Waals surface area contributed by atoms with Crippen LogP contribution in [0.4, 0.5) is 4.39 Å². The van der Waals surface area contributed by atoms with Crippen molar-refractivity contribution in [2.45, 2.75) is 12.5 Å². The molecule has 0 aliphatic heterocycles. The molecule has 0 amide bonds. The van der Waals surface area contributed by atoms with Crippen LogP contribution in [0.25, 0.3) is 0 Å². The molecule has 2 heterocycles. The summed E-state index contributed by atoms with van der Waals surface area (Å²) < 4.78 is 13.2. The van der Waals surface area contributed by atoms with E-state index in [1.54, 1.807) is 11.3 Å². The summed E-state index contributed by atoms with van der Waals surface area (Å²) in [5.74, 6) is -0.457. The van der Waals surface area contributed by atoms with Crippen LogP contribution in [-0.2, 0) is 6.42 Å². The van der Waals surface area contributed by atoms with Crippen molar-refractivity contribution in [2.75, 3.05) is 0 Å². The van der Waals surface area contributed by atoms with Gasteiger partial charge in [0.05, 0.1) is 12.3 Å². The summed E-state index contributed by atoms with van der Waals surface area (Å²) in [5, 5.41) is 11.7. The molecule has 1 atom stereocenters. The van der Waals surface area contributed by atoms with Crippen LogP contribution in [0.5, 0.6) is 0 Å². The van der Waals surface area contributed by atoms with Crippen LogP contribution in [0.15, 0.2) is 36.0 Å². The number of pyridine rings is 1. The monoisotopic (exact) mass is 223 g/mol. The van der Waals surface area contributed by atoms with Gasteiger partial charge in [-0.15, -0.1) is 11.3 Å². The van der Waals surface area contributed by atoms with Crippen LogP contribution >= 0.6 is 11.3 Å². The first-order chi connectivity index (χ1) is 7.27. The fourth-order valence-electron chi connectivity index (χ4n) is 1.39. The van der Waals surface area contributed by atoms with Gasteiger partial charge in [0.25, 0.3) is 0 Å². The Hall–Kier alpha value is -1.26. The highest BCUT2D eigenvalue weighted by molar-refractivity contribution is 7.09. The second-order valence-electron chi connectivity index (χ2n) is 3.20. The van der Waals surface area contributed by atoms with Gasteiger partial charge in [-0.3, -0.25) is 4.98 Å². The van der Waals surface area contributed by atoms with Crippen LogP contribution in [0.2, 0.25) is 0 Å². The molecule has 0 saturated carbocycles. The molecule has 2 rings (SSSR count). The molecule has 0 fully saturated rings. The van der Waals surface area contributed by atoms with Crippen molar-refractivity contribution >= 4 is 11.3 Å². The summed E-state index contributed by atoms with van der Waals surface area (Å²) in [5.41, 5.74) is 0.304. The van der Waals surface area contributed by atoms with Crippen molar-refractivity contribution < 1.29 is 9.50 Å². The summed E-state index contributed by atoms with van der Waals surface area (Å²) in [6, 6.07) is 5.34. The quantitative estimate of drug-likeness (QED) is 0.867. The Morgan fingerprint density at radius 3 is 3.00 bits per heavy atom. The molecule has 0 aliphatic carbocycles. The largest absolute Gasteiger partial charge is 0.388 e. The lowest BCUT2D eigenvalue weighted by molar-refractivity contribution is 0.174. The first kappa shape index (κ1) is 10.3. The highest BCUT2D eigenvalue weighted by Gasteiger charge is 2.13. The summed E-state index contributed by atoms with van der Waals surface area (Å²) in [4.78, 5) is 4.68. The third-order valence-corrected chi connectivity index (χ3v) is 3.04. The fourth-order valence-corrected chi connectivity index (χ4v) is 2.13. The van der Waals surface area contributed by atoms with Gasteiger partial charge < -0.3 is 5.11 Å². The lowest BCUT2D eigenvalue weighted by atomic mass is 10.1. The van der Waals surface area contributed by atoms with Crippen LogP contribution in [0.1, 0.15) is 16.5 Å². The normalized spacial score (nSPS) is 12.7. The van der Waals surface area contributed by atoms with Gasteiger partial charge in [-0.2, -0.15) is 0 Å². The molecule has 0 aliphatic rings. The number of aromatic nitrogens is 1. The number of aliphatic hydroxyl groups excluding tert-OH is 1. The van der Waals surface area contributed by atoms with Gasteiger partial charge in [-0.25, -0.2) is 4.39 Å². The third-order valence-electron chi connectivity index (χ3n) is 2.14. The van der Waals surface area contributed by atoms with Crippen LogP contribution < -0.4 is 0 Å². The lowest BCUT2D eigenvalue weighted by Gasteiger charge is -2.09. The molecule has 2 aromatic rings. The van der Waals surface area contributed by atoms with Gasteiger partial charge in [-0.1, -0.05) is 6.07 Å². The second-order valence-corrected chi connectivity index (χ2v) is 4.23. The van der Waals surface area contributed by atoms with Gasteiger partial charge in [0.1, 0.15) is 5.82 Å². The molecule has 0 saturated heterocycles. The minimum absolute atomic E-state index is 0.304. The standard InChI is InChI=1S/C11H10FNOS/c12-10-7-13-4-3-9(10)11(14)6-8-2-1-5-15-8/h1-5,7,11,14H,6H2. The number of hydrogen-bond donors (Lipinski definition) is 1. The zero-order valence-corrected chi connectivity index (χ0v) is 8.75. The topological polar surface area (TPSA) is 33.1 Å². The molecule has 0 spiro atoms. The first-order valence-corrected chi connectivity index (χ1v) is 5.45. The highest BCUT2D eigenvalue weighted by Crippen LogP contribution is 2.22. The molecule has 4 heteroatoms. The van der Waals surface area contributed by atoms with Crippen LogP contribution in [0.3, 0.4) is 0 Å². The molecule has 15 heavy (non-hydrogen) atoms. The molecular formula is C11H10FNOS. The lowest BCUT2D eigenvalue weighted by Crippen LogP contribution is -2.03. The summed E-state index contributed by atoms with van der Waals surface area (Å²) in [6.07, 6.45) is 2.24. The van der Waals surface area contributed by atoms with Crippen LogP contribution in [0, 0.1) is 5.82 Å². The van der Waals surface area contributed by atoms with Crippen molar-refractivity contribution in [3.63, 3.8) is 0 Å². The predicted octanol–water partition coefficient (Wildman–Crippen LogP) is 2.56. The van der Waals surface area contributed by atoms with E-state index in [9.17, 15) is 9.50 Å². The van der Waals surface area contributed by atoms with Gasteiger partial charge in [0.2, 0.25) is 0 Å². The highest BCUT2D eigenvalue weighted by atomic mass is 32.1. The van der Waals surface area contributed by atoms with E-state index in [4.69, 9.17) is 0 Å². The van der Waals surface area contributed by atoms with Crippen molar-refractivity contribution in [2.24, 2.45) is 0 Å². The summed E-state index contributed by atoms with van der Waals surface area (Å²) >= 11 is 1.55. The van der Waals surface area contributed by atoms with E-state index in [1.165, 1.54) is 12.3 Å². The summed E-state index contributed by atoms with van der Waals surface area (Å²) in [7, 11) is 0. The third kappa shape index (κ3) is 2.40. The number of halogens is 1. The minimum Gasteiger partial charge on any atom is -0.388 e. The Balaban J connectivity index is 2.15. The van der Waals surface area contributed by atoms with E-state index in [-0.39, 0.29) is 0 Å². The maximum atomic E-state index is 13.2. The van der Waals surface area contributed by atoms with Crippen molar-refractivity contribution in [1.29, 1.82) is 0 Å². The van der Waals surface area contributed by atoms with Crippen molar-refractivity contribution in [3.8, 4) is 0 Å². The number of aliphatic hydroxyl groups is 1.